The molecule has 8 heteroatoms. The Kier molecular flexibility index (Phi) is 3.35. The first-order chi connectivity index (χ1) is 9.17. The molecular weight excluding hydrogens is 287 g/mol. The highest BCUT2D eigenvalue weighted by Crippen LogP contribution is 2.50. The standard InChI is InChI=1S/C12H9F5O3/c13-10(14)20-8-5-6(11(3-4-11)9(18)19)1-2-7(8)12(15,16)17/h1-2,5,10H,3-4H2,(H,18,19). The molecule has 0 radical (unpaired) electrons. The van der Waals surface area contributed by atoms with Crippen LogP contribution >= 0.6 is 0 Å². The average Bonchev–Trinajstić information content (AvgIpc) is 3.07. The molecule has 110 valence electrons. The van der Waals surface area contributed by atoms with Crippen LogP contribution in [0.1, 0.15) is 24.0 Å². The summed E-state index contributed by atoms with van der Waals surface area (Å²) in [7, 11) is 0. The smallest absolute Gasteiger partial charge is 0.419 e. The Labute approximate surface area is 110 Å². The van der Waals surface area contributed by atoms with Crippen molar-refractivity contribution in [3.05, 3.63) is 29.3 Å². The van der Waals surface area contributed by atoms with E-state index in [1.807, 2.05) is 0 Å². The molecule has 0 aliphatic heterocycles. The number of carboxylic acid groups (broad SMARTS) is 1. The van der Waals surface area contributed by atoms with E-state index in [9.17, 15) is 26.7 Å². The maximum absolute atomic E-state index is 12.7. The number of benzene rings is 1. The number of aliphatic carboxylic acids is 1. The molecule has 20 heavy (non-hydrogen) atoms. The number of carboxylic acids is 1. The second-order valence-electron chi connectivity index (χ2n) is 4.47. The van der Waals surface area contributed by atoms with Crippen LogP contribution in [-0.2, 0) is 16.4 Å². The van der Waals surface area contributed by atoms with Gasteiger partial charge in [0, 0.05) is 0 Å². The predicted molar refractivity (Wildman–Crippen MR) is 56.6 cm³/mol. The maximum atomic E-state index is 12.7. The average molecular weight is 296 g/mol. The fourth-order valence-corrected chi connectivity index (χ4v) is 2.00. The van der Waals surface area contributed by atoms with Gasteiger partial charge in [0.1, 0.15) is 5.75 Å². The van der Waals surface area contributed by atoms with Gasteiger partial charge in [0.15, 0.2) is 0 Å². The molecule has 1 saturated carbocycles. The van der Waals surface area contributed by atoms with Gasteiger partial charge < -0.3 is 9.84 Å². The molecule has 3 nitrogen and oxygen atoms in total. The van der Waals surface area contributed by atoms with Gasteiger partial charge in [-0.15, -0.1) is 0 Å². The summed E-state index contributed by atoms with van der Waals surface area (Å²) >= 11 is 0. The van der Waals surface area contributed by atoms with Crippen LogP contribution in [0.25, 0.3) is 0 Å². The summed E-state index contributed by atoms with van der Waals surface area (Å²) in [6, 6.07) is 2.29. The van der Waals surface area contributed by atoms with Crippen molar-refractivity contribution in [2.75, 3.05) is 0 Å². The van der Waals surface area contributed by atoms with E-state index in [1.54, 1.807) is 0 Å². The van der Waals surface area contributed by atoms with Crippen molar-refractivity contribution in [1.29, 1.82) is 0 Å². The van der Waals surface area contributed by atoms with E-state index in [0.717, 1.165) is 12.1 Å². The Morgan fingerprint density at radius 2 is 1.90 bits per heavy atom. The summed E-state index contributed by atoms with van der Waals surface area (Å²) in [6.07, 6.45) is -4.35. The Hall–Kier alpha value is -1.86. The van der Waals surface area contributed by atoms with Crippen LogP contribution in [0.4, 0.5) is 22.0 Å². The summed E-state index contributed by atoms with van der Waals surface area (Å²) in [5.74, 6) is -2.25. The van der Waals surface area contributed by atoms with Crippen LogP contribution in [-0.4, -0.2) is 17.7 Å². The Balaban J connectivity index is 2.47. The van der Waals surface area contributed by atoms with Gasteiger partial charge in [-0.1, -0.05) is 6.07 Å². The van der Waals surface area contributed by atoms with Crippen molar-refractivity contribution < 1.29 is 36.6 Å². The third-order valence-electron chi connectivity index (χ3n) is 3.22. The Morgan fingerprint density at radius 1 is 1.30 bits per heavy atom. The van der Waals surface area contributed by atoms with E-state index in [4.69, 9.17) is 5.11 Å². The highest BCUT2D eigenvalue weighted by atomic mass is 19.4. The van der Waals surface area contributed by atoms with Gasteiger partial charge in [0.05, 0.1) is 11.0 Å². The Bertz CT molecular complexity index is 534. The van der Waals surface area contributed by atoms with E-state index in [1.165, 1.54) is 0 Å². The van der Waals surface area contributed by atoms with Crippen LogP contribution in [0.2, 0.25) is 0 Å². The number of carbonyl (C=O) groups is 1. The molecule has 1 N–H and O–H groups in total. The fourth-order valence-electron chi connectivity index (χ4n) is 2.00. The molecule has 1 aromatic carbocycles. The summed E-state index contributed by atoms with van der Waals surface area (Å²) in [5, 5.41) is 9.05. The molecule has 0 bridgehead atoms. The maximum Gasteiger partial charge on any atom is 0.419 e. The van der Waals surface area contributed by atoms with Crippen molar-refractivity contribution in [2.24, 2.45) is 0 Å². The number of halogens is 5. The monoisotopic (exact) mass is 296 g/mol. The molecule has 0 spiro atoms. The molecule has 0 unspecified atom stereocenters. The van der Waals surface area contributed by atoms with Crippen molar-refractivity contribution in [1.82, 2.24) is 0 Å². The van der Waals surface area contributed by atoms with Crippen molar-refractivity contribution >= 4 is 5.97 Å². The molecule has 0 saturated heterocycles. The summed E-state index contributed by atoms with van der Waals surface area (Å²) < 4.78 is 66.2. The minimum absolute atomic E-state index is 0.0358. The van der Waals surface area contributed by atoms with E-state index >= 15 is 0 Å². The van der Waals surface area contributed by atoms with E-state index < -0.39 is 35.5 Å². The SMILES string of the molecule is O=C(O)C1(c2ccc(C(F)(F)F)c(OC(F)F)c2)CC1. The Morgan fingerprint density at radius 3 is 2.30 bits per heavy atom. The normalized spacial score (nSPS) is 17.1. The minimum atomic E-state index is -4.86. The molecule has 0 atom stereocenters. The minimum Gasteiger partial charge on any atom is -0.481 e. The van der Waals surface area contributed by atoms with Crippen LogP contribution in [0.3, 0.4) is 0 Å². The van der Waals surface area contributed by atoms with E-state index in [0.29, 0.717) is 6.07 Å². The van der Waals surface area contributed by atoms with Crippen LogP contribution in [0, 0.1) is 0 Å². The molecule has 0 heterocycles. The highest BCUT2D eigenvalue weighted by Gasteiger charge is 2.52. The summed E-state index contributed by atoms with van der Waals surface area (Å²) in [5.41, 5.74) is -2.61. The number of hydrogen-bond donors (Lipinski definition) is 1. The first kappa shape index (κ1) is 14.5. The third kappa shape index (κ3) is 2.54. The summed E-state index contributed by atoms with van der Waals surface area (Å²) in [4.78, 5) is 11.1. The van der Waals surface area contributed by atoms with Gasteiger partial charge in [-0.05, 0) is 30.5 Å². The lowest BCUT2D eigenvalue weighted by Gasteiger charge is -2.17. The lowest BCUT2D eigenvalue weighted by molar-refractivity contribution is -0.141. The van der Waals surface area contributed by atoms with Gasteiger partial charge in [-0.25, -0.2) is 0 Å². The zero-order valence-electron chi connectivity index (χ0n) is 9.88. The topological polar surface area (TPSA) is 46.5 Å². The molecule has 1 fully saturated rings. The quantitative estimate of drug-likeness (QED) is 0.866. The lowest BCUT2D eigenvalue weighted by Crippen LogP contribution is -2.20. The fraction of sp³-hybridized carbons (Fsp3) is 0.417. The lowest BCUT2D eigenvalue weighted by atomic mass is 9.94. The molecule has 0 aromatic heterocycles. The zero-order valence-corrected chi connectivity index (χ0v) is 9.88. The van der Waals surface area contributed by atoms with E-state index in [-0.39, 0.29) is 18.4 Å². The predicted octanol–water partition coefficient (Wildman–Crippen LogP) is 3.42. The second kappa shape index (κ2) is 4.60. The first-order valence-electron chi connectivity index (χ1n) is 5.57. The largest absolute Gasteiger partial charge is 0.481 e. The van der Waals surface area contributed by atoms with Crippen molar-refractivity contribution in [3.8, 4) is 5.75 Å². The second-order valence-corrected chi connectivity index (χ2v) is 4.47. The number of ether oxygens (including phenoxy) is 1. The van der Waals surface area contributed by atoms with Crippen molar-refractivity contribution in [2.45, 2.75) is 31.0 Å². The summed E-state index contributed by atoms with van der Waals surface area (Å²) in [6.45, 7) is -3.42. The number of hydrogen-bond acceptors (Lipinski definition) is 2. The van der Waals surface area contributed by atoms with Crippen LogP contribution in [0.15, 0.2) is 18.2 Å². The van der Waals surface area contributed by atoms with Gasteiger partial charge in [-0.3, -0.25) is 4.79 Å². The van der Waals surface area contributed by atoms with Gasteiger partial charge in [-0.2, -0.15) is 22.0 Å². The van der Waals surface area contributed by atoms with Crippen molar-refractivity contribution in [3.63, 3.8) is 0 Å². The highest BCUT2D eigenvalue weighted by molar-refractivity contribution is 5.85. The molecule has 1 aliphatic rings. The molecule has 1 aromatic rings. The van der Waals surface area contributed by atoms with Gasteiger partial charge in [0.2, 0.25) is 0 Å². The van der Waals surface area contributed by atoms with E-state index in [2.05, 4.69) is 4.74 Å². The van der Waals surface area contributed by atoms with Crippen LogP contribution in [0.5, 0.6) is 5.75 Å². The van der Waals surface area contributed by atoms with Gasteiger partial charge in [0.25, 0.3) is 0 Å². The van der Waals surface area contributed by atoms with Crippen LogP contribution < -0.4 is 4.74 Å². The molecular formula is C12H9F5O3. The molecule has 0 amide bonds. The first-order valence-corrected chi connectivity index (χ1v) is 5.57. The number of alkyl halides is 5. The van der Waals surface area contributed by atoms with Gasteiger partial charge >= 0.3 is 18.8 Å². The third-order valence-corrected chi connectivity index (χ3v) is 3.22. The number of rotatable bonds is 4. The molecule has 2 rings (SSSR count). The molecule has 1 aliphatic carbocycles. The zero-order chi connectivity index (χ0) is 15.1.